The number of hydrogen-bond donors (Lipinski definition) is 2. The fraction of sp³-hybridized carbons (Fsp3) is 0.976. The van der Waals surface area contributed by atoms with E-state index < -0.39 is 70.8 Å². The monoisotopic (exact) mass is 790 g/mol. The van der Waals surface area contributed by atoms with Gasteiger partial charge in [0.2, 0.25) is 0 Å². The number of aliphatic hydroxyl groups excluding tert-OH is 1. The van der Waals surface area contributed by atoms with Gasteiger partial charge in [-0.1, -0.05) is 55.4 Å². The quantitative estimate of drug-likeness (QED) is 0.326. The van der Waals surface area contributed by atoms with Crippen molar-refractivity contribution in [3.63, 3.8) is 0 Å². The van der Waals surface area contributed by atoms with Crippen LogP contribution in [0.1, 0.15) is 121 Å². The molecule has 6 heterocycles. The van der Waals surface area contributed by atoms with E-state index in [4.69, 9.17) is 37.9 Å². The third-order valence-electron chi connectivity index (χ3n) is 15.6. The number of aliphatic carboxylic acids is 1. The van der Waals surface area contributed by atoms with Gasteiger partial charge in [-0.2, -0.15) is 0 Å². The summed E-state index contributed by atoms with van der Waals surface area (Å²) >= 11 is 0. The molecule has 6 rings (SSSR count). The summed E-state index contributed by atoms with van der Waals surface area (Å²) in [4.78, 5) is 12.0. The minimum atomic E-state index is -2.01. The average Bonchev–Trinajstić information content (AvgIpc) is 3.81. The molecule has 0 aromatic carbocycles. The van der Waals surface area contributed by atoms with Gasteiger partial charge in [-0.3, -0.25) is 0 Å². The normalized spacial score (nSPS) is 54.2. The Balaban J connectivity index is 0.00000580. The summed E-state index contributed by atoms with van der Waals surface area (Å²) in [5.41, 5.74) is -1.15. The summed E-state index contributed by atoms with van der Waals surface area (Å²) in [6.07, 6.45) is 2.45. The number of methoxy groups -OCH3 is 2. The maximum absolute atomic E-state index is 12.0. The van der Waals surface area contributed by atoms with Gasteiger partial charge in [0.05, 0.1) is 66.0 Å². The van der Waals surface area contributed by atoms with E-state index in [1.54, 1.807) is 21.1 Å². The van der Waals surface area contributed by atoms with Crippen LogP contribution in [-0.2, 0) is 42.7 Å². The molecule has 6 aliphatic heterocycles. The van der Waals surface area contributed by atoms with Crippen molar-refractivity contribution in [1.29, 1.82) is 0 Å². The second-order valence-electron chi connectivity index (χ2n) is 19.3. The number of carbonyl (C=O) groups excluding carboxylic acids is 1. The summed E-state index contributed by atoms with van der Waals surface area (Å²) in [5.74, 6) is -6.94. The molecule has 13 heteroatoms. The molecule has 55 heavy (non-hydrogen) atoms. The van der Waals surface area contributed by atoms with Crippen molar-refractivity contribution in [3.05, 3.63) is 0 Å². The van der Waals surface area contributed by atoms with Crippen LogP contribution < -0.4 is 34.7 Å². The number of hydrogen-bond acceptors (Lipinski definition) is 12. The number of rotatable bonds is 9. The molecular formula is C42H71NaO12. The van der Waals surface area contributed by atoms with Gasteiger partial charge in [-0.15, -0.1) is 0 Å². The van der Waals surface area contributed by atoms with Crippen molar-refractivity contribution in [1.82, 2.24) is 0 Å². The van der Waals surface area contributed by atoms with Crippen molar-refractivity contribution in [2.75, 3.05) is 14.2 Å². The molecule has 21 unspecified atom stereocenters. The first-order valence-electron chi connectivity index (χ1n) is 20.8. The van der Waals surface area contributed by atoms with Crippen LogP contribution in [0.25, 0.3) is 0 Å². The standard InChI is InChI=1S/C42H72O12.Na/c1-21-18-23(3)40(11,48-13)51-32(21)30-19-22(2)36(49-30)39(10)15-14-31(50-39)38(9)16-17-41(54-38)20-29(43)24(4)33(52-41)25(5)34-26(6)35(47-12)27(7)42(46,53-34)28(8)37(44)45;/h21-36,43,46H,14-20H2,1-13H3,(H,44,45);/q;+1/p-1. The molecule has 0 radical (unpaired) electrons. The molecule has 6 aliphatic rings. The second kappa shape index (κ2) is 16.5. The van der Waals surface area contributed by atoms with Gasteiger partial charge in [0.15, 0.2) is 17.4 Å². The van der Waals surface area contributed by atoms with Gasteiger partial charge < -0.3 is 58.0 Å². The Bertz CT molecular complexity index is 1360. The Labute approximate surface area is 352 Å². The van der Waals surface area contributed by atoms with Gasteiger partial charge in [0, 0.05) is 62.6 Å². The zero-order chi connectivity index (χ0) is 39.9. The fourth-order valence-electron chi connectivity index (χ4n) is 11.7. The van der Waals surface area contributed by atoms with Gasteiger partial charge in [-0.05, 0) is 64.7 Å². The molecule has 1 spiro atoms. The van der Waals surface area contributed by atoms with Gasteiger partial charge in [-0.25, -0.2) is 0 Å². The van der Waals surface area contributed by atoms with Crippen molar-refractivity contribution >= 4 is 5.97 Å². The van der Waals surface area contributed by atoms with E-state index in [0.29, 0.717) is 25.2 Å². The van der Waals surface area contributed by atoms with Crippen LogP contribution >= 0.6 is 0 Å². The zero-order valence-electron chi connectivity index (χ0n) is 36.2. The van der Waals surface area contributed by atoms with E-state index in [1.165, 1.54) is 6.92 Å². The molecule has 0 bridgehead atoms. The third kappa shape index (κ3) is 8.04. The number of carbonyl (C=O) groups is 1. The molecule has 12 nitrogen and oxygen atoms in total. The summed E-state index contributed by atoms with van der Waals surface area (Å²) < 4.78 is 52.7. The van der Waals surface area contributed by atoms with E-state index >= 15 is 0 Å². The number of carboxylic acid groups (broad SMARTS) is 1. The van der Waals surface area contributed by atoms with Crippen LogP contribution in [0.2, 0.25) is 0 Å². The van der Waals surface area contributed by atoms with Gasteiger partial charge >= 0.3 is 29.6 Å². The molecule has 0 saturated carbocycles. The van der Waals surface area contributed by atoms with Crippen LogP contribution in [0.5, 0.6) is 0 Å². The minimum Gasteiger partial charge on any atom is -0.550 e. The molecule has 0 aromatic rings. The number of ether oxygens (including phenoxy) is 8. The van der Waals surface area contributed by atoms with Crippen LogP contribution in [0.3, 0.4) is 0 Å². The first-order valence-corrected chi connectivity index (χ1v) is 20.8. The van der Waals surface area contributed by atoms with Crippen LogP contribution in [0.4, 0.5) is 0 Å². The number of carboxylic acids is 1. The molecule has 0 aromatic heterocycles. The van der Waals surface area contributed by atoms with Crippen LogP contribution in [0.15, 0.2) is 0 Å². The second-order valence-corrected chi connectivity index (χ2v) is 19.3. The van der Waals surface area contributed by atoms with Crippen molar-refractivity contribution in [2.45, 2.75) is 199 Å². The first kappa shape index (κ1) is 46.1. The first-order chi connectivity index (χ1) is 25.1. The Morgan fingerprint density at radius 1 is 0.855 bits per heavy atom. The van der Waals surface area contributed by atoms with E-state index in [2.05, 4.69) is 34.6 Å². The molecule has 0 aliphatic carbocycles. The molecule has 21 atom stereocenters. The van der Waals surface area contributed by atoms with Crippen molar-refractivity contribution < 1.29 is 87.6 Å². The molecule has 6 fully saturated rings. The number of aliphatic hydroxyl groups is 2. The van der Waals surface area contributed by atoms with E-state index in [1.807, 2.05) is 27.7 Å². The predicted molar refractivity (Wildman–Crippen MR) is 197 cm³/mol. The fourth-order valence-corrected chi connectivity index (χ4v) is 11.7. The maximum Gasteiger partial charge on any atom is 1.00 e. The zero-order valence-corrected chi connectivity index (χ0v) is 38.2. The summed E-state index contributed by atoms with van der Waals surface area (Å²) in [5, 5.41) is 35.3. The van der Waals surface area contributed by atoms with Gasteiger partial charge in [0.1, 0.15) is 0 Å². The summed E-state index contributed by atoms with van der Waals surface area (Å²) in [7, 11) is 3.29. The molecular weight excluding hydrogens is 719 g/mol. The molecule has 2 N–H and O–H groups in total. The van der Waals surface area contributed by atoms with Crippen LogP contribution in [-0.4, -0.2) is 108 Å². The largest absolute Gasteiger partial charge is 1.00 e. The molecule has 312 valence electrons. The Kier molecular flexibility index (Phi) is 13.8. The summed E-state index contributed by atoms with van der Waals surface area (Å²) in [6.45, 7) is 22.1. The molecule has 0 amide bonds. The van der Waals surface area contributed by atoms with Crippen LogP contribution in [0, 0.1) is 47.3 Å². The smallest absolute Gasteiger partial charge is 0.550 e. The summed E-state index contributed by atoms with van der Waals surface area (Å²) in [6, 6.07) is 0. The van der Waals surface area contributed by atoms with E-state index in [9.17, 15) is 20.1 Å². The van der Waals surface area contributed by atoms with E-state index in [-0.39, 0.29) is 83.6 Å². The van der Waals surface area contributed by atoms with Crippen molar-refractivity contribution in [2.24, 2.45) is 47.3 Å². The predicted octanol–water partition coefficient (Wildman–Crippen LogP) is 1.59. The molecule has 6 saturated heterocycles. The Hall–Kier alpha value is 0.0700. The maximum atomic E-state index is 12.0. The minimum absolute atomic E-state index is 0. The van der Waals surface area contributed by atoms with E-state index in [0.717, 1.165) is 25.7 Å². The Morgan fingerprint density at radius 2 is 1.51 bits per heavy atom. The Morgan fingerprint density at radius 3 is 2.13 bits per heavy atom. The average molecular weight is 791 g/mol. The SMILES string of the molecule is COC1C(C)C(C(C)C2OC3(CCC(C)(C4CCC(C)(C5OC(C6OC(C)(OC)C(C)CC6C)CC5C)O4)O3)CC(O)C2C)OC(O)(C(C)C(=O)[O-])C1C.[Na+]. The van der Waals surface area contributed by atoms with Crippen molar-refractivity contribution in [3.8, 4) is 0 Å². The topological polar surface area (TPSA) is 154 Å². The third-order valence-corrected chi connectivity index (χ3v) is 15.6. The van der Waals surface area contributed by atoms with Gasteiger partial charge in [0.25, 0.3) is 0 Å².